The van der Waals surface area contributed by atoms with Crippen molar-refractivity contribution in [2.45, 2.75) is 39.0 Å². The number of Topliss-reactive ketones (excluding diaryl/α,β-unsaturated/α-hetero) is 1. The Morgan fingerprint density at radius 3 is 2.83 bits per heavy atom. The topological polar surface area (TPSA) is 80.7 Å². The Morgan fingerprint density at radius 2 is 2.03 bits per heavy atom. The number of thiophene rings is 1. The molecule has 5 rings (SSSR count). The van der Waals surface area contributed by atoms with Crippen molar-refractivity contribution in [2.75, 3.05) is 5.32 Å². The van der Waals surface area contributed by atoms with E-state index in [0.29, 0.717) is 23.9 Å². The summed E-state index contributed by atoms with van der Waals surface area (Å²) in [6.07, 6.45) is 3.84. The van der Waals surface area contributed by atoms with Gasteiger partial charge >= 0.3 is 0 Å². The summed E-state index contributed by atoms with van der Waals surface area (Å²) in [6, 6.07) is 10.4. The van der Waals surface area contributed by atoms with E-state index in [4.69, 9.17) is 0 Å². The summed E-state index contributed by atoms with van der Waals surface area (Å²) in [6.45, 7) is 4.11. The quantitative estimate of drug-likeness (QED) is 0.505. The van der Waals surface area contributed by atoms with Crippen molar-refractivity contribution in [2.24, 2.45) is 0 Å². The minimum absolute atomic E-state index is 0.103. The summed E-state index contributed by atoms with van der Waals surface area (Å²) in [4.78, 5) is 32.0. The van der Waals surface area contributed by atoms with Crippen LogP contribution in [0.5, 0.6) is 0 Å². The molecule has 0 saturated heterocycles. The maximum atomic E-state index is 12.6. The number of nitrogens with zero attached hydrogens (tertiary/aromatic N) is 4. The number of aromatic nitrogens is 4. The van der Waals surface area contributed by atoms with Gasteiger partial charge in [-0.05, 0) is 48.9 Å². The molecule has 3 heterocycles. The Balaban J connectivity index is 1.45. The first-order valence-electron chi connectivity index (χ1n) is 10.1. The second-order valence-corrected chi connectivity index (χ2v) is 8.54. The van der Waals surface area contributed by atoms with Crippen molar-refractivity contribution >= 4 is 39.9 Å². The van der Waals surface area contributed by atoms with E-state index in [-0.39, 0.29) is 11.7 Å². The van der Waals surface area contributed by atoms with Gasteiger partial charge in [-0.1, -0.05) is 19.1 Å². The number of carbonyl (C=O) groups is 1. The van der Waals surface area contributed by atoms with Crippen LogP contribution >= 0.6 is 11.3 Å². The summed E-state index contributed by atoms with van der Waals surface area (Å²) in [5, 5.41) is 6.23. The molecule has 7 heteroatoms. The maximum absolute atomic E-state index is 12.6. The number of aryl methyl sites for hydroxylation is 2. The Labute approximate surface area is 178 Å². The van der Waals surface area contributed by atoms with Crippen LogP contribution in [0.2, 0.25) is 0 Å². The van der Waals surface area contributed by atoms with Gasteiger partial charge in [0, 0.05) is 28.8 Å². The van der Waals surface area contributed by atoms with Crippen LogP contribution in [-0.2, 0) is 12.8 Å². The highest BCUT2D eigenvalue weighted by atomic mass is 32.1. The van der Waals surface area contributed by atoms with Crippen molar-refractivity contribution in [3.05, 3.63) is 69.3 Å². The van der Waals surface area contributed by atoms with Crippen molar-refractivity contribution < 1.29 is 4.79 Å². The van der Waals surface area contributed by atoms with Crippen LogP contribution in [0.25, 0.3) is 10.9 Å². The highest BCUT2D eigenvalue weighted by Gasteiger charge is 2.28. The number of anilines is 2. The molecule has 1 aliphatic carbocycles. The number of benzene rings is 1. The molecule has 0 saturated carbocycles. The zero-order valence-electron chi connectivity index (χ0n) is 16.8. The lowest BCUT2D eigenvalue weighted by molar-refractivity contribution is 0.0963. The number of fused-ring (bicyclic) bond motifs is 2. The molecule has 1 aromatic carbocycles. The molecule has 30 heavy (non-hydrogen) atoms. The smallest absolute Gasteiger partial charge is 0.230 e. The van der Waals surface area contributed by atoms with Gasteiger partial charge in [0.1, 0.15) is 0 Å². The summed E-state index contributed by atoms with van der Waals surface area (Å²) in [5.74, 6) is 1.16. The normalized spacial score (nSPS) is 15.9. The Bertz CT molecular complexity index is 1250. The zero-order chi connectivity index (χ0) is 20.7. The molecule has 1 N–H and O–H groups in total. The lowest BCUT2D eigenvalue weighted by Crippen LogP contribution is -2.20. The molecule has 0 spiro atoms. The molecule has 150 valence electrons. The number of rotatable bonds is 4. The first kappa shape index (κ1) is 18.8. The highest BCUT2D eigenvalue weighted by Crippen LogP contribution is 2.34. The van der Waals surface area contributed by atoms with Gasteiger partial charge < -0.3 is 0 Å². The van der Waals surface area contributed by atoms with E-state index in [0.717, 1.165) is 35.1 Å². The largest absolute Gasteiger partial charge is 0.294 e. The monoisotopic (exact) mass is 415 g/mol. The first-order valence-corrected chi connectivity index (χ1v) is 11.0. The van der Waals surface area contributed by atoms with E-state index >= 15 is 0 Å². The van der Waals surface area contributed by atoms with E-state index in [1.165, 1.54) is 10.4 Å². The SMILES string of the molecule is CCc1ccc2nc(Nc3ncc4c(n3)CC(c3cccs3)CC4=O)nc(C)c2c1. The molecule has 6 nitrogen and oxygen atoms in total. The van der Waals surface area contributed by atoms with Gasteiger partial charge in [0.05, 0.1) is 22.5 Å². The minimum atomic E-state index is 0.103. The number of nitrogens with one attached hydrogen (secondary N) is 1. The molecular weight excluding hydrogens is 394 g/mol. The number of hydrogen-bond donors (Lipinski definition) is 1. The van der Waals surface area contributed by atoms with E-state index in [2.05, 4.69) is 50.4 Å². The predicted molar refractivity (Wildman–Crippen MR) is 119 cm³/mol. The lowest BCUT2D eigenvalue weighted by atomic mass is 9.86. The average molecular weight is 416 g/mol. The van der Waals surface area contributed by atoms with Crippen LogP contribution in [0.3, 0.4) is 0 Å². The van der Waals surface area contributed by atoms with Crippen LogP contribution in [-0.4, -0.2) is 25.7 Å². The Morgan fingerprint density at radius 1 is 1.13 bits per heavy atom. The predicted octanol–water partition coefficient (Wildman–Crippen LogP) is 5.01. The van der Waals surface area contributed by atoms with Gasteiger partial charge in [0.25, 0.3) is 0 Å². The van der Waals surface area contributed by atoms with Crippen molar-refractivity contribution in [1.29, 1.82) is 0 Å². The van der Waals surface area contributed by atoms with Crippen LogP contribution in [0, 0.1) is 6.92 Å². The van der Waals surface area contributed by atoms with Gasteiger partial charge in [-0.2, -0.15) is 0 Å². The summed E-state index contributed by atoms with van der Waals surface area (Å²) in [7, 11) is 0. The molecule has 1 unspecified atom stereocenters. The van der Waals surface area contributed by atoms with E-state index in [1.807, 2.05) is 24.4 Å². The molecule has 0 amide bonds. The van der Waals surface area contributed by atoms with E-state index in [1.54, 1.807) is 17.5 Å². The van der Waals surface area contributed by atoms with Gasteiger partial charge in [0.2, 0.25) is 11.9 Å². The van der Waals surface area contributed by atoms with Gasteiger partial charge in [-0.15, -0.1) is 11.3 Å². The lowest BCUT2D eigenvalue weighted by Gasteiger charge is -2.22. The van der Waals surface area contributed by atoms with E-state index in [9.17, 15) is 4.79 Å². The third-order valence-electron chi connectivity index (χ3n) is 5.57. The molecule has 0 aliphatic heterocycles. The zero-order valence-corrected chi connectivity index (χ0v) is 17.7. The van der Waals surface area contributed by atoms with Crippen molar-refractivity contribution in [3.8, 4) is 0 Å². The van der Waals surface area contributed by atoms with Crippen LogP contribution < -0.4 is 5.32 Å². The summed E-state index contributed by atoms with van der Waals surface area (Å²) >= 11 is 1.69. The number of hydrogen-bond acceptors (Lipinski definition) is 7. The summed E-state index contributed by atoms with van der Waals surface area (Å²) < 4.78 is 0. The van der Waals surface area contributed by atoms with Crippen LogP contribution in [0.4, 0.5) is 11.9 Å². The fourth-order valence-electron chi connectivity index (χ4n) is 3.93. The molecule has 0 radical (unpaired) electrons. The average Bonchev–Trinajstić information content (AvgIpc) is 3.28. The van der Waals surface area contributed by atoms with Gasteiger partial charge in [-0.25, -0.2) is 19.9 Å². The fraction of sp³-hybridized carbons (Fsp3) is 0.261. The number of ketones is 1. The van der Waals surface area contributed by atoms with Crippen LogP contribution in [0.15, 0.2) is 41.9 Å². The van der Waals surface area contributed by atoms with Crippen molar-refractivity contribution in [3.63, 3.8) is 0 Å². The third-order valence-corrected chi connectivity index (χ3v) is 6.60. The van der Waals surface area contributed by atoms with Crippen LogP contribution in [0.1, 0.15) is 51.4 Å². The molecule has 0 bridgehead atoms. The Hall–Kier alpha value is -3.19. The third kappa shape index (κ3) is 3.45. The second kappa shape index (κ2) is 7.57. The van der Waals surface area contributed by atoms with Gasteiger partial charge in [-0.3, -0.25) is 10.1 Å². The standard InChI is InChI=1S/C23H21N5OS/c1-3-14-6-7-18-16(9-14)13(2)25-23(26-18)28-22-24-12-17-19(27-22)10-15(11-20(17)29)21-5-4-8-30-21/h4-9,12,15H,3,10-11H2,1-2H3,(H,24,25,26,27,28). The molecular formula is C23H21N5OS. The molecule has 1 aliphatic rings. The van der Waals surface area contributed by atoms with Gasteiger partial charge in [0.15, 0.2) is 5.78 Å². The molecule has 4 aromatic rings. The van der Waals surface area contributed by atoms with E-state index < -0.39 is 0 Å². The van der Waals surface area contributed by atoms with Crippen molar-refractivity contribution in [1.82, 2.24) is 19.9 Å². The second-order valence-electron chi connectivity index (χ2n) is 7.56. The number of carbonyl (C=O) groups excluding carboxylic acids is 1. The molecule has 0 fully saturated rings. The first-order chi connectivity index (χ1) is 14.6. The summed E-state index contributed by atoms with van der Waals surface area (Å²) in [5.41, 5.74) is 4.46. The molecule has 1 atom stereocenters. The maximum Gasteiger partial charge on any atom is 0.230 e. The highest BCUT2D eigenvalue weighted by molar-refractivity contribution is 7.10. The fourth-order valence-corrected chi connectivity index (χ4v) is 4.76. The Kier molecular flexibility index (Phi) is 4.75. The minimum Gasteiger partial charge on any atom is -0.294 e. The molecule has 3 aromatic heterocycles.